The molecule has 0 heterocycles. The van der Waals surface area contributed by atoms with Gasteiger partial charge in [0.2, 0.25) is 0 Å². The maximum atomic E-state index is 11.5. The summed E-state index contributed by atoms with van der Waals surface area (Å²) in [5, 5.41) is 5.51. The van der Waals surface area contributed by atoms with E-state index in [2.05, 4.69) is 23.5 Å². The molecule has 112 valence electrons. The van der Waals surface area contributed by atoms with Crippen LogP contribution in [0.1, 0.15) is 25.5 Å². The lowest BCUT2D eigenvalue weighted by Gasteiger charge is -2.19. The van der Waals surface area contributed by atoms with Gasteiger partial charge in [0.1, 0.15) is 11.8 Å². The van der Waals surface area contributed by atoms with E-state index in [0.29, 0.717) is 0 Å². The van der Waals surface area contributed by atoms with Crippen LogP contribution in [0.15, 0.2) is 36.4 Å². The number of rotatable bonds is 5. The molecule has 0 aliphatic heterocycles. The normalized spacial score (nSPS) is 13.7. The Morgan fingerprint density at radius 3 is 2.38 bits per heavy atom. The molecule has 4 heteroatoms. The van der Waals surface area contributed by atoms with Crippen LogP contribution in [0, 0.1) is 0 Å². The Labute approximate surface area is 125 Å². The monoisotopic (exact) mass is 287 g/mol. The number of carbonyl (C=O) groups excluding carboxylic acids is 1. The van der Waals surface area contributed by atoms with E-state index in [1.54, 1.807) is 14.0 Å². The summed E-state index contributed by atoms with van der Waals surface area (Å²) in [5.74, 6) is 0.591. The second kappa shape index (κ2) is 6.59. The van der Waals surface area contributed by atoms with Crippen molar-refractivity contribution >= 4 is 16.7 Å². The lowest BCUT2D eigenvalue weighted by Crippen LogP contribution is -2.36. The van der Waals surface area contributed by atoms with Gasteiger partial charge < -0.3 is 9.47 Å². The van der Waals surface area contributed by atoms with Crippen molar-refractivity contribution in [1.82, 2.24) is 5.32 Å². The van der Waals surface area contributed by atoms with Gasteiger partial charge in [0.15, 0.2) is 0 Å². The Morgan fingerprint density at radius 2 is 1.71 bits per heavy atom. The van der Waals surface area contributed by atoms with Crippen LogP contribution < -0.4 is 10.1 Å². The summed E-state index contributed by atoms with van der Waals surface area (Å²) in [5.41, 5.74) is 1.13. The van der Waals surface area contributed by atoms with Crippen LogP contribution in [0.4, 0.5) is 0 Å². The van der Waals surface area contributed by atoms with Crippen molar-refractivity contribution in [3.63, 3.8) is 0 Å². The van der Waals surface area contributed by atoms with Gasteiger partial charge in [-0.25, -0.2) is 0 Å². The molecule has 0 fully saturated rings. The first-order chi connectivity index (χ1) is 10.0. The van der Waals surface area contributed by atoms with Crippen LogP contribution in [0.2, 0.25) is 0 Å². The number of benzene rings is 2. The topological polar surface area (TPSA) is 47.6 Å². The van der Waals surface area contributed by atoms with Crippen molar-refractivity contribution < 1.29 is 14.3 Å². The molecule has 1 N–H and O–H groups in total. The van der Waals surface area contributed by atoms with Gasteiger partial charge in [-0.15, -0.1) is 0 Å². The third-order valence-corrected chi connectivity index (χ3v) is 3.63. The van der Waals surface area contributed by atoms with Crippen LogP contribution in [0.5, 0.6) is 5.75 Å². The molecule has 0 aliphatic carbocycles. The Morgan fingerprint density at radius 1 is 1.05 bits per heavy atom. The molecule has 0 saturated heterocycles. The van der Waals surface area contributed by atoms with Gasteiger partial charge in [-0.2, -0.15) is 0 Å². The van der Waals surface area contributed by atoms with E-state index in [0.717, 1.165) is 22.1 Å². The molecule has 2 atom stereocenters. The fourth-order valence-electron chi connectivity index (χ4n) is 2.35. The fraction of sp³-hybridized carbons (Fsp3) is 0.353. The first-order valence-corrected chi connectivity index (χ1v) is 6.96. The summed E-state index contributed by atoms with van der Waals surface area (Å²) in [6.07, 6.45) is 0. The van der Waals surface area contributed by atoms with E-state index in [1.165, 1.54) is 7.11 Å². The van der Waals surface area contributed by atoms with E-state index in [1.807, 2.05) is 25.1 Å². The molecule has 0 radical (unpaired) electrons. The molecule has 2 aromatic carbocycles. The minimum Gasteiger partial charge on any atom is -0.497 e. The lowest BCUT2D eigenvalue weighted by atomic mass is 10.0. The second-order valence-corrected chi connectivity index (χ2v) is 5.11. The smallest absolute Gasteiger partial charge is 0.322 e. The summed E-state index contributed by atoms with van der Waals surface area (Å²) < 4.78 is 9.96. The van der Waals surface area contributed by atoms with Crippen molar-refractivity contribution in [3.8, 4) is 5.75 Å². The first kappa shape index (κ1) is 15.3. The molecule has 0 bridgehead atoms. The quantitative estimate of drug-likeness (QED) is 0.859. The predicted molar refractivity (Wildman–Crippen MR) is 83.5 cm³/mol. The molecule has 0 saturated carbocycles. The van der Waals surface area contributed by atoms with Gasteiger partial charge in [-0.1, -0.05) is 18.2 Å². The zero-order valence-electron chi connectivity index (χ0n) is 12.8. The number of hydrogen-bond donors (Lipinski definition) is 1. The number of fused-ring (bicyclic) bond motifs is 1. The van der Waals surface area contributed by atoms with E-state index in [-0.39, 0.29) is 18.1 Å². The predicted octanol–water partition coefficient (Wildman–Crippen LogP) is 3.06. The number of carbonyl (C=O) groups is 1. The average molecular weight is 287 g/mol. The van der Waals surface area contributed by atoms with E-state index < -0.39 is 0 Å². The van der Waals surface area contributed by atoms with Crippen LogP contribution >= 0.6 is 0 Å². The second-order valence-electron chi connectivity index (χ2n) is 5.11. The minimum absolute atomic E-state index is 0.0607. The molecule has 2 rings (SSSR count). The van der Waals surface area contributed by atoms with Crippen molar-refractivity contribution in [2.75, 3.05) is 14.2 Å². The Kier molecular flexibility index (Phi) is 4.81. The maximum Gasteiger partial charge on any atom is 0.322 e. The molecule has 0 aromatic heterocycles. The van der Waals surface area contributed by atoms with E-state index in [4.69, 9.17) is 9.47 Å². The van der Waals surface area contributed by atoms with Gasteiger partial charge >= 0.3 is 5.97 Å². The Hall–Kier alpha value is -2.07. The summed E-state index contributed by atoms with van der Waals surface area (Å²) in [4.78, 5) is 11.5. The highest BCUT2D eigenvalue weighted by Crippen LogP contribution is 2.24. The van der Waals surface area contributed by atoms with Gasteiger partial charge in [-0.05, 0) is 48.4 Å². The highest BCUT2D eigenvalue weighted by molar-refractivity contribution is 5.84. The number of ether oxygens (including phenoxy) is 2. The SMILES string of the molecule is COC(=O)[C@H](C)NC(C)c1ccc2cc(OC)ccc2c1. The van der Waals surface area contributed by atoms with Crippen LogP contribution in [-0.4, -0.2) is 26.2 Å². The maximum absolute atomic E-state index is 11.5. The molecule has 4 nitrogen and oxygen atoms in total. The summed E-state index contributed by atoms with van der Waals surface area (Å²) in [7, 11) is 3.06. The van der Waals surface area contributed by atoms with Gasteiger partial charge in [-0.3, -0.25) is 10.1 Å². The van der Waals surface area contributed by atoms with Gasteiger partial charge in [0, 0.05) is 6.04 Å². The molecule has 0 spiro atoms. The van der Waals surface area contributed by atoms with Gasteiger partial charge in [0.05, 0.1) is 14.2 Å². The third-order valence-electron chi connectivity index (χ3n) is 3.63. The van der Waals surface area contributed by atoms with Crippen molar-refractivity contribution in [3.05, 3.63) is 42.0 Å². The number of esters is 1. The zero-order valence-corrected chi connectivity index (χ0v) is 12.8. The summed E-state index contributed by atoms with van der Waals surface area (Å²) in [6.45, 7) is 3.83. The third kappa shape index (κ3) is 3.52. The summed E-state index contributed by atoms with van der Waals surface area (Å²) in [6, 6.07) is 12.0. The van der Waals surface area contributed by atoms with Crippen LogP contribution in [0.25, 0.3) is 10.8 Å². The molecular formula is C17H21NO3. The average Bonchev–Trinajstić information content (AvgIpc) is 2.52. The standard InChI is InChI=1S/C17H21NO3/c1-11(18-12(2)17(19)21-4)13-5-6-15-10-16(20-3)8-7-14(15)9-13/h5-12,18H,1-4H3/t11?,12-/m0/s1. The number of nitrogens with one attached hydrogen (secondary N) is 1. The largest absolute Gasteiger partial charge is 0.497 e. The van der Waals surface area contributed by atoms with Crippen molar-refractivity contribution in [1.29, 1.82) is 0 Å². The first-order valence-electron chi connectivity index (χ1n) is 6.96. The highest BCUT2D eigenvalue weighted by Gasteiger charge is 2.16. The zero-order chi connectivity index (χ0) is 15.4. The Balaban J connectivity index is 2.20. The summed E-state index contributed by atoms with van der Waals surface area (Å²) >= 11 is 0. The van der Waals surface area contributed by atoms with Gasteiger partial charge in [0.25, 0.3) is 0 Å². The molecule has 2 aromatic rings. The van der Waals surface area contributed by atoms with E-state index in [9.17, 15) is 4.79 Å². The highest BCUT2D eigenvalue weighted by atomic mass is 16.5. The number of methoxy groups -OCH3 is 2. The van der Waals surface area contributed by atoms with Crippen LogP contribution in [-0.2, 0) is 9.53 Å². The Bertz CT molecular complexity index is 639. The van der Waals surface area contributed by atoms with Crippen molar-refractivity contribution in [2.45, 2.75) is 25.9 Å². The molecule has 21 heavy (non-hydrogen) atoms. The fourth-order valence-corrected chi connectivity index (χ4v) is 2.35. The lowest BCUT2D eigenvalue weighted by molar-refractivity contribution is -0.142. The van der Waals surface area contributed by atoms with Crippen LogP contribution in [0.3, 0.4) is 0 Å². The molecule has 1 unspecified atom stereocenters. The minimum atomic E-state index is -0.337. The molecule has 0 amide bonds. The number of hydrogen-bond acceptors (Lipinski definition) is 4. The molecular weight excluding hydrogens is 266 g/mol. The molecule has 0 aliphatic rings. The van der Waals surface area contributed by atoms with E-state index >= 15 is 0 Å². The van der Waals surface area contributed by atoms with Crippen molar-refractivity contribution in [2.24, 2.45) is 0 Å².